The Hall–Kier alpha value is -1.42. The van der Waals surface area contributed by atoms with Gasteiger partial charge in [-0.2, -0.15) is 0 Å². The Labute approximate surface area is 95.5 Å². The molecule has 1 fully saturated rings. The number of carbonyl (C=O) groups excluding carboxylic acids is 1. The summed E-state index contributed by atoms with van der Waals surface area (Å²) in [6, 6.07) is 1.88. The van der Waals surface area contributed by atoms with E-state index in [4.69, 9.17) is 0 Å². The smallest absolute Gasteiger partial charge is 0.241 e. The average Bonchev–Trinajstić information content (AvgIpc) is 2.30. The molecule has 0 spiro atoms. The fourth-order valence-electron chi connectivity index (χ4n) is 1.93. The molecule has 0 saturated carbocycles. The van der Waals surface area contributed by atoms with Crippen LogP contribution in [0.3, 0.4) is 0 Å². The molecule has 0 aliphatic carbocycles. The second kappa shape index (κ2) is 5.07. The van der Waals surface area contributed by atoms with Crippen LogP contribution in [0.25, 0.3) is 0 Å². The summed E-state index contributed by atoms with van der Waals surface area (Å²) >= 11 is 0. The van der Waals surface area contributed by atoms with Crippen LogP contribution < -0.4 is 10.6 Å². The zero-order chi connectivity index (χ0) is 11.4. The van der Waals surface area contributed by atoms with E-state index in [0.717, 1.165) is 37.1 Å². The third kappa shape index (κ3) is 2.79. The Morgan fingerprint density at radius 1 is 1.50 bits per heavy atom. The Morgan fingerprint density at radius 2 is 2.38 bits per heavy atom. The monoisotopic (exact) mass is 219 g/mol. The maximum absolute atomic E-state index is 11.9. The van der Waals surface area contributed by atoms with Crippen LogP contribution in [0, 0.1) is 6.92 Å². The summed E-state index contributed by atoms with van der Waals surface area (Å²) in [6.07, 6.45) is 6.65. The minimum atomic E-state index is -0.0470. The number of hydrogen-bond donors (Lipinski definition) is 2. The number of hydrogen-bond acceptors (Lipinski definition) is 3. The van der Waals surface area contributed by atoms with E-state index in [1.807, 2.05) is 13.0 Å². The molecular formula is C12H17N3O. The van der Waals surface area contributed by atoms with E-state index in [1.165, 1.54) is 0 Å². The first-order chi connectivity index (χ1) is 7.75. The summed E-state index contributed by atoms with van der Waals surface area (Å²) in [6.45, 7) is 2.89. The van der Waals surface area contributed by atoms with Crippen molar-refractivity contribution in [3.63, 3.8) is 0 Å². The van der Waals surface area contributed by atoms with Crippen LogP contribution in [-0.4, -0.2) is 23.5 Å². The van der Waals surface area contributed by atoms with Crippen LogP contribution in [0.15, 0.2) is 18.5 Å². The molecule has 4 nitrogen and oxygen atoms in total. The van der Waals surface area contributed by atoms with E-state index < -0.39 is 0 Å². The fourth-order valence-corrected chi connectivity index (χ4v) is 1.93. The highest BCUT2D eigenvalue weighted by Gasteiger charge is 2.20. The molecule has 0 radical (unpaired) electrons. The molecule has 2 heterocycles. The van der Waals surface area contributed by atoms with E-state index in [-0.39, 0.29) is 11.9 Å². The molecule has 1 aromatic heterocycles. The van der Waals surface area contributed by atoms with Crippen molar-refractivity contribution >= 4 is 11.6 Å². The number of nitrogens with one attached hydrogen (secondary N) is 2. The highest BCUT2D eigenvalue weighted by molar-refractivity contribution is 5.94. The van der Waals surface area contributed by atoms with Crippen LogP contribution >= 0.6 is 0 Å². The molecule has 0 unspecified atom stereocenters. The number of anilines is 1. The van der Waals surface area contributed by atoms with E-state index in [9.17, 15) is 4.79 Å². The van der Waals surface area contributed by atoms with Gasteiger partial charge < -0.3 is 10.6 Å². The van der Waals surface area contributed by atoms with Gasteiger partial charge in [0.1, 0.15) is 0 Å². The largest absolute Gasteiger partial charge is 0.323 e. The Bertz CT molecular complexity index is 372. The van der Waals surface area contributed by atoms with Crippen molar-refractivity contribution < 1.29 is 4.79 Å². The average molecular weight is 219 g/mol. The second-order valence-electron chi connectivity index (χ2n) is 4.24. The Kier molecular flexibility index (Phi) is 3.51. The summed E-state index contributed by atoms with van der Waals surface area (Å²) in [5.74, 6) is 0.0482. The number of aryl methyl sites for hydroxylation is 1. The van der Waals surface area contributed by atoms with Gasteiger partial charge in [0.05, 0.1) is 17.9 Å². The normalized spacial score (nSPS) is 20.4. The maximum atomic E-state index is 11.9. The van der Waals surface area contributed by atoms with Crippen LogP contribution in [0.5, 0.6) is 0 Å². The van der Waals surface area contributed by atoms with Crippen LogP contribution in [0.4, 0.5) is 5.69 Å². The molecule has 1 aliphatic rings. The van der Waals surface area contributed by atoms with Gasteiger partial charge in [-0.1, -0.05) is 6.42 Å². The minimum Gasteiger partial charge on any atom is -0.323 e. The third-order valence-electron chi connectivity index (χ3n) is 2.77. The highest BCUT2D eigenvalue weighted by atomic mass is 16.2. The van der Waals surface area contributed by atoms with Crippen LogP contribution in [-0.2, 0) is 4.79 Å². The first-order valence-electron chi connectivity index (χ1n) is 5.71. The molecule has 4 heteroatoms. The molecule has 1 aromatic rings. The van der Waals surface area contributed by atoms with Gasteiger partial charge in [0.2, 0.25) is 5.91 Å². The Morgan fingerprint density at radius 3 is 3.06 bits per heavy atom. The topological polar surface area (TPSA) is 54.0 Å². The van der Waals surface area contributed by atoms with Crippen LogP contribution in [0.2, 0.25) is 0 Å². The van der Waals surface area contributed by atoms with Gasteiger partial charge in [0.15, 0.2) is 0 Å². The molecule has 86 valence electrons. The van der Waals surface area contributed by atoms with Gasteiger partial charge in [-0.15, -0.1) is 0 Å². The molecule has 1 aliphatic heterocycles. The van der Waals surface area contributed by atoms with Crippen molar-refractivity contribution in [2.75, 3.05) is 11.9 Å². The number of carbonyl (C=O) groups is 1. The summed E-state index contributed by atoms with van der Waals surface area (Å²) in [5, 5.41) is 6.11. The van der Waals surface area contributed by atoms with E-state index in [1.54, 1.807) is 12.4 Å². The van der Waals surface area contributed by atoms with E-state index in [2.05, 4.69) is 15.6 Å². The highest BCUT2D eigenvalue weighted by Crippen LogP contribution is 2.11. The van der Waals surface area contributed by atoms with Gasteiger partial charge in [-0.3, -0.25) is 9.78 Å². The molecule has 1 saturated heterocycles. The number of piperidine rings is 1. The molecule has 2 rings (SSSR count). The molecule has 0 bridgehead atoms. The molecular weight excluding hydrogens is 202 g/mol. The fraction of sp³-hybridized carbons (Fsp3) is 0.500. The van der Waals surface area contributed by atoms with Gasteiger partial charge in [-0.05, 0) is 37.9 Å². The Balaban J connectivity index is 1.96. The first-order valence-corrected chi connectivity index (χ1v) is 5.71. The third-order valence-corrected chi connectivity index (χ3v) is 2.77. The lowest BCUT2D eigenvalue weighted by atomic mass is 10.0. The lowest BCUT2D eigenvalue weighted by Crippen LogP contribution is -2.43. The van der Waals surface area contributed by atoms with Crippen molar-refractivity contribution in [2.45, 2.75) is 32.2 Å². The first kappa shape index (κ1) is 11.1. The lowest BCUT2D eigenvalue weighted by molar-refractivity contribution is -0.118. The zero-order valence-electron chi connectivity index (χ0n) is 9.49. The van der Waals surface area contributed by atoms with Crippen molar-refractivity contribution in [2.24, 2.45) is 0 Å². The molecule has 1 atom stereocenters. The van der Waals surface area contributed by atoms with Crippen molar-refractivity contribution in [1.29, 1.82) is 0 Å². The number of pyridine rings is 1. The van der Waals surface area contributed by atoms with E-state index in [0.29, 0.717) is 0 Å². The molecule has 1 amide bonds. The summed E-state index contributed by atoms with van der Waals surface area (Å²) in [7, 11) is 0. The second-order valence-corrected chi connectivity index (χ2v) is 4.24. The standard InChI is InChI=1S/C12H17N3O/c1-9-6-10(8-13-7-9)15-12(16)11-4-2-3-5-14-11/h6-8,11,14H,2-5H2,1H3,(H,15,16)/t11-/m1/s1. The zero-order valence-corrected chi connectivity index (χ0v) is 9.49. The predicted octanol–water partition coefficient (Wildman–Crippen LogP) is 1.47. The molecule has 16 heavy (non-hydrogen) atoms. The number of rotatable bonds is 2. The molecule has 2 N–H and O–H groups in total. The van der Waals surface area contributed by atoms with Gasteiger partial charge >= 0.3 is 0 Å². The quantitative estimate of drug-likeness (QED) is 0.792. The SMILES string of the molecule is Cc1cncc(NC(=O)[C@H]2CCCCN2)c1. The maximum Gasteiger partial charge on any atom is 0.241 e. The van der Waals surface area contributed by atoms with Crippen molar-refractivity contribution in [1.82, 2.24) is 10.3 Å². The minimum absolute atomic E-state index is 0.0470. The van der Waals surface area contributed by atoms with E-state index >= 15 is 0 Å². The molecule has 0 aromatic carbocycles. The van der Waals surface area contributed by atoms with Crippen LogP contribution in [0.1, 0.15) is 24.8 Å². The summed E-state index contributed by atoms with van der Waals surface area (Å²) in [5.41, 5.74) is 1.83. The predicted molar refractivity (Wildman–Crippen MR) is 63.2 cm³/mol. The number of amides is 1. The number of aromatic nitrogens is 1. The number of nitrogens with zero attached hydrogens (tertiary/aromatic N) is 1. The summed E-state index contributed by atoms with van der Waals surface area (Å²) in [4.78, 5) is 15.9. The van der Waals surface area contributed by atoms with Gasteiger partial charge in [0, 0.05) is 6.20 Å². The van der Waals surface area contributed by atoms with Crippen molar-refractivity contribution in [3.8, 4) is 0 Å². The van der Waals surface area contributed by atoms with Crippen molar-refractivity contribution in [3.05, 3.63) is 24.0 Å². The van der Waals surface area contributed by atoms with Gasteiger partial charge in [0.25, 0.3) is 0 Å². The van der Waals surface area contributed by atoms with Gasteiger partial charge in [-0.25, -0.2) is 0 Å². The summed E-state index contributed by atoms with van der Waals surface area (Å²) < 4.78 is 0. The lowest BCUT2D eigenvalue weighted by Gasteiger charge is -2.22.